The first kappa shape index (κ1) is 15.7. The lowest BCUT2D eigenvalue weighted by atomic mass is 10.0. The molecule has 1 atom stereocenters. The van der Waals surface area contributed by atoms with Gasteiger partial charge in [-0.1, -0.05) is 29.3 Å². The van der Waals surface area contributed by atoms with Gasteiger partial charge in [0.25, 0.3) is 0 Å². The molecule has 0 radical (unpaired) electrons. The third-order valence-electron chi connectivity index (χ3n) is 2.40. The second-order valence-electron chi connectivity index (χ2n) is 3.84. The summed E-state index contributed by atoms with van der Waals surface area (Å²) >= 11 is 11.7. The molecule has 1 unspecified atom stereocenters. The van der Waals surface area contributed by atoms with Crippen LogP contribution in [0.1, 0.15) is 16.8 Å². The molecule has 0 saturated carbocycles. The van der Waals surface area contributed by atoms with Crippen LogP contribution < -0.4 is 5.32 Å². The zero-order valence-corrected chi connectivity index (χ0v) is 11.5. The number of ketones is 1. The van der Waals surface area contributed by atoms with Gasteiger partial charge in [0, 0.05) is 17.1 Å². The van der Waals surface area contributed by atoms with Crippen molar-refractivity contribution < 1.29 is 14.7 Å². The molecule has 2 N–H and O–H groups in total. The van der Waals surface area contributed by atoms with Gasteiger partial charge in [0.15, 0.2) is 5.78 Å². The van der Waals surface area contributed by atoms with Gasteiger partial charge in [0.2, 0.25) is 0 Å². The maximum atomic E-state index is 12.2. The van der Waals surface area contributed by atoms with E-state index in [1.807, 2.05) is 0 Å². The molecule has 0 fully saturated rings. The van der Waals surface area contributed by atoms with E-state index < -0.39 is 12.0 Å². The molecule has 0 aliphatic carbocycles. The van der Waals surface area contributed by atoms with Crippen LogP contribution in [-0.4, -0.2) is 29.4 Å². The number of carboxylic acids is 1. The van der Waals surface area contributed by atoms with Gasteiger partial charge in [-0.05, 0) is 18.2 Å². The molecule has 1 aromatic rings. The fourth-order valence-electron chi connectivity index (χ4n) is 1.53. The zero-order valence-electron chi connectivity index (χ0n) is 10.0. The lowest BCUT2D eigenvalue weighted by Gasteiger charge is -2.15. The van der Waals surface area contributed by atoms with E-state index in [-0.39, 0.29) is 22.8 Å². The van der Waals surface area contributed by atoms with Crippen molar-refractivity contribution in [2.75, 3.05) is 6.54 Å². The fourth-order valence-corrected chi connectivity index (χ4v) is 2.04. The fraction of sp³-hybridized carbons (Fsp3) is 0.231. The molecular weight excluding hydrogens is 289 g/mol. The van der Waals surface area contributed by atoms with Gasteiger partial charge in [-0.2, -0.15) is 0 Å². The first-order valence-corrected chi connectivity index (χ1v) is 6.26. The van der Waals surface area contributed by atoms with Crippen molar-refractivity contribution in [3.8, 4) is 0 Å². The number of benzene rings is 1. The molecule has 1 rings (SSSR count). The second kappa shape index (κ2) is 7.28. The molecular formula is C13H13Cl2NO3. The van der Waals surface area contributed by atoms with Crippen LogP contribution in [0, 0.1) is 0 Å². The summed E-state index contributed by atoms with van der Waals surface area (Å²) in [5.41, 5.74) is 0.244. The molecule has 0 aliphatic rings. The number of aliphatic carboxylic acids is 1. The summed E-state index contributed by atoms with van der Waals surface area (Å²) in [7, 11) is 0. The Morgan fingerprint density at radius 2 is 2.11 bits per heavy atom. The summed E-state index contributed by atoms with van der Waals surface area (Å²) in [6, 6.07) is 3.61. The minimum atomic E-state index is -1.07. The number of rotatable bonds is 7. The zero-order chi connectivity index (χ0) is 14.4. The van der Waals surface area contributed by atoms with Gasteiger partial charge < -0.3 is 10.4 Å². The summed E-state index contributed by atoms with van der Waals surface area (Å²) in [6.07, 6.45) is 1.22. The van der Waals surface area contributed by atoms with Crippen molar-refractivity contribution in [1.29, 1.82) is 0 Å². The number of nitrogens with one attached hydrogen (secondary N) is 1. The SMILES string of the molecule is C=CCNC(CC(=O)O)C(=O)c1ccc(Cl)cc1Cl. The molecule has 0 bridgehead atoms. The van der Waals surface area contributed by atoms with E-state index in [1.54, 1.807) is 6.08 Å². The monoisotopic (exact) mass is 301 g/mol. The first-order chi connectivity index (χ1) is 8.95. The Morgan fingerprint density at radius 1 is 1.42 bits per heavy atom. The molecule has 0 aromatic heterocycles. The molecule has 0 amide bonds. The van der Waals surface area contributed by atoms with Gasteiger partial charge in [0.1, 0.15) is 0 Å². The van der Waals surface area contributed by atoms with Gasteiger partial charge in [0.05, 0.1) is 17.5 Å². The van der Waals surface area contributed by atoms with Crippen LogP contribution in [0.2, 0.25) is 10.0 Å². The van der Waals surface area contributed by atoms with Crippen LogP contribution in [0.4, 0.5) is 0 Å². The summed E-state index contributed by atoms with van der Waals surface area (Å²) in [5, 5.41) is 12.2. The van der Waals surface area contributed by atoms with Crippen molar-refractivity contribution in [2.45, 2.75) is 12.5 Å². The Morgan fingerprint density at radius 3 is 2.63 bits per heavy atom. The maximum Gasteiger partial charge on any atom is 0.305 e. The number of carbonyl (C=O) groups excluding carboxylic acids is 1. The number of carboxylic acid groups (broad SMARTS) is 1. The first-order valence-electron chi connectivity index (χ1n) is 5.51. The molecule has 1 aromatic carbocycles. The summed E-state index contributed by atoms with van der Waals surface area (Å²) in [6.45, 7) is 3.84. The smallest absolute Gasteiger partial charge is 0.305 e. The Hall–Kier alpha value is -1.36. The second-order valence-corrected chi connectivity index (χ2v) is 4.68. The third kappa shape index (κ3) is 4.67. The minimum absolute atomic E-state index is 0.202. The minimum Gasteiger partial charge on any atom is -0.481 e. The molecule has 0 saturated heterocycles. The highest BCUT2D eigenvalue weighted by atomic mass is 35.5. The van der Waals surface area contributed by atoms with E-state index in [0.717, 1.165) is 0 Å². The molecule has 0 aliphatic heterocycles. The van der Waals surface area contributed by atoms with Crippen molar-refractivity contribution in [3.05, 3.63) is 46.5 Å². The number of carbonyl (C=O) groups is 2. The van der Waals surface area contributed by atoms with E-state index in [1.165, 1.54) is 18.2 Å². The van der Waals surface area contributed by atoms with E-state index in [2.05, 4.69) is 11.9 Å². The van der Waals surface area contributed by atoms with Crippen LogP contribution in [-0.2, 0) is 4.79 Å². The molecule has 0 heterocycles. The predicted octanol–water partition coefficient (Wildman–Crippen LogP) is 2.80. The highest BCUT2D eigenvalue weighted by Crippen LogP contribution is 2.22. The Balaban J connectivity index is 2.96. The Kier molecular flexibility index (Phi) is 6.02. The maximum absolute atomic E-state index is 12.2. The molecule has 4 nitrogen and oxygen atoms in total. The van der Waals surface area contributed by atoms with Crippen molar-refractivity contribution in [2.24, 2.45) is 0 Å². The van der Waals surface area contributed by atoms with E-state index >= 15 is 0 Å². The Bertz CT molecular complexity index is 503. The van der Waals surface area contributed by atoms with Crippen LogP contribution in [0.5, 0.6) is 0 Å². The topological polar surface area (TPSA) is 66.4 Å². The van der Waals surface area contributed by atoms with Crippen LogP contribution in [0.3, 0.4) is 0 Å². The largest absolute Gasteiger partial charge is 0.481 e. The van der Waals surface area contributed by atoms with Crippen LogP contribution in [0.25, 0.3) is 0 Å². The lowest BCUT2D eigenvalue weighted by Crippen LogP contribution is -2.38. The van der Waals surface area contributed by atoms with Crippen LogP contribution in [0.15, 0.2) is 30.9 Å². The molecule has 6 heteroatoms. The van der Waals surface area contributed by atoms with Crippen molar-refractivity contribution in [3.63, 3.8) is 0 Å². The quantitative estimate of drug-likeness (QED) is 0.600. The van der Waals surface area contributed by atoms with E-state index in [9.17, 15) is 9.59 Å². The average molecular weight is 302 g/mol. The molecule has 0 spiro atoms. The predicted molar refractivity (Wildman–Crippen MR) is 75.0 cm³/mol. The number of hydrogen-bond acceptors (Lipinski definition) is 3. The van der Waals surface area contributed by atoms with Gasteiger partial charge in [-0.25, -0.2) is 0 Å². The summed E-state index contributed by atoms with van der Waals surface area (Å²) in [5.74, 6) is -1.45. The molecule has 19 heavy (non-hydrogen) atoms. The molecule has 102 valence electrons. The van der Waals surface area contributed by atoms with Crippen molar-refractivity contribution >= 4 is 35.0 Å². The average Bonchev–Trinajstić information content (AvgIpc) is 2.33. The number of Topliss-reactive ketones (excluding diaryl/α,β-unsaturated/α-hetero) is 1. The van der Waals surface area contributed by atoms with E-state index in [4.69, 9.17) is 28.3 Å². The van der Waals surface area contributed by atoms with Gasteiger partial charge in [-0.15, -0.1) is 6.58 Å². The highest BCUT2D eigenvalue weighted by Gasteiger charge is 2.23. The highest BCUT2D eigenvalue weighted by molar-refractivity contribution is 6.37. The third-order valence-corrected chi connectivity index (χ3v) is 2.95. The summed E-state index contributed by atoms with van der Waals surface area (Å²) < 4.78 is 0. The number of hydrogen-bond donors (Lipinski definition) is 2. The lowest BCUT2D eigenvalue weighted by molar-refractivity contribution is -0.137. The number of halogens is 2. The Labute approximate surface area is 121 Å². The normalized spacial score (nSPS) is 11.9. The van der Waals surface area contributed by atoms with E-state index in [0.29, 0.717) is 11.6 Å². The summed E-state index contributed by atoms with van der Waals surface area (Å²) in [4.78, 5) is 23.0. The van der Waals surface area contributed by atoms with Crippen molar-refractivity contribution in [1.82, 2.24) is 5.32 Å². The standard InChI is InChI=1S/C13H13Cl2NO3/c1-2-5-16-11(7-12(17)18)13(19)9-4-3-8(14)6-10(9)15/h2-4,6,11,16H,1,5,7H2,(H,17,18). The van der Waals surface area contributed by atoms with Gasteiger partial charge >= 0.3 is 5.97 Å². The van der Waals surface area contributed by atoms with Crippen LogP contribution >= 0.6 is 23.2 Å². The van der Waals surface area contributed by atoms with Gasteiger partial charge in [-0.3, -0.25) is 9.59 Å².